The third-order valence-electron chi connectivity index (χ3n) is 2.03. The van der Waals surface area contributed by atoms with Crippen molar-refractivity contribution in [3.63, 3.8) is 0 Å². The number of aromatic nitrogens is 3. The summed E-state index contributed by atoms with van der Waals surface area (Å²) in [7, 11) is 1.79. The van der Waals surface area contributed by atoms with E-state index in [1.165, 1.54) is 0 Å². The fourth-order valence-electron chi connectivity index (χ4n) is 1.36. The van der Waals surface area contributed by atoms with Gasteiger partial charge in [0.05, 0.1) is 5.69 Å². The fourth-order valence-corrected chi connectivity index (χ4v) is 1.36. The zero-order chi connectivity index (χ0) is 13.8. The molecular weight excluding hydrogens is 234 g/mol. The molecular formula is C11H21N5O2. The van der Waals surface area contributed by atoms with Crippen LogP contribution >= 0.6 is 0 Å². The second kappa shape index (κ2) is 5.81. The van der Waals surface area contributed by atoms with Crippen LogP contribution in [0.3, 0.4) is 0 Å². The molecule has 0 aliphatic rings. The molecule has 0 aromatic carbocycles. The van der Waals surface area contributed by atoms with E-state index in [2.05, 4.69) is 15.6 Å². The predicted octanol–water partition coefficient (Wildman–Crippen LogP) is 0.210. The number of nitrogens with two attached hydrogens (primary N) is 1. The number of alkyl carbamates (subject to hydrolysis) is 1. The third kappa shape index (κ3) is 5.62. The molecule has 1 amide bonds. The smallest absolute Gasteiger partial charge is 0.407 e. The molecule has 1 atom stereocenters. The largest absolute Gasteiger partial charge is 0.444 e. The maximum Gasteiger partial charge on any atom is 0.407 e. The molecule has 1 unspecified atom stereocenters. The Morgan fingerprint density at radius 2 is 2.28 bits per heavy atom. The monoisotopic (exact) mass is 255 g/mol. The second-order valence-corrected chi connectivity index (χ2v) is 5.23. The van der Waals surface area contributed by atoms with Crippen molar-refractivity contribution in [2.45, 2.75) is 38.8 Å². The summed E-state index contributed by atoms with van der Waals surface area (Å²) in [6, 6.07) is -0.214. The number of carbonyl (C=O) groups excluding carboxylic acids is 1. The van der Waals surface area contributed by atoms with Gasteiger partial charge in [0.15, 0.2) is 0 Å². The average molecular weight is 255 g/mol. The molecule has 1 rings (SSSR count). The number of aryl methyl sites for hydroxylation is 1. The lowest BCUT2D eigenvalue weighted by Crippen LogP contribution is -2.41. The van der Waals surface area contributed by atoms with Gasteiger partial charge >= 0.3 is 6.09 Å². The van der Waals surface area contributed by atoms with E-state index in [0.29, 0.717) is 13.0 Å². The van der Waals surface area contributed by atoms with Crippen LogP contribution < -0.4 is 11.1 Å². The van der Waals surface area contributed by atoms with Crippen LogP contribution in [-0.4, -0.2) is 39.3 Å². The van der Waals surface area contributed by atoms with Crippen molar-refractivity contribution in [3.05, 3.63) is 11.9 Å². The lowest BCUT2D eigenvalue weighted by molar-refractivity contribution is 0.0524. The van der Waals surface area contributed by atoms with E-state index >= 15 is 0 Å². The van der Waals surface area contributed by atoms with Gasteiger partial charge < -0.3 is 15.8 Å². The van der Waals surface area contributed by atoms with E-state index in [-0.39, 0.29) is 6.04 Å². The number of carbonyl (C=O) groups is 1. The minimum absolute atomic E-state index is 0.214. The van der Waals surface area contributed by atoms with Crippen molar-refractivity contribution in [2.24, 2.45) is 12.8 Å². The summed E-state index contributed by atoms with van der Waals surface area (Å²) < 4.78 is 6.72. The number of hydrogen-bond acceptors (Lipinski definition) is 5. The molecule has 0 saturated heterocycles. The van der Waals surface area contributed by atoms with Crippen LogP contribution in [0.4, 0.5) is 4.79 Å². The molecule has 0 spiro atoms. The molecule has 0 bridgehead atoms. The van der Waals surface area contributed by atoms with E-state index in [0.717, 1.165) is 5.69 Å². The summed E-state index contributed by atoms with van der Waals surface area (Å²) in [5, 5.41) is 10.4. The highest BCUT2D eigenvalue weighted by molar-refractivity contribution is 5.67. The van der Waals surface area contributed by atoms with E-state index < -0.39 is 11.7 Å². The van der Waals surface area contributed by atoms with Gasteiger partial charge in [0, 0.05) is 32.3 Å². The summed E-state index contributed by atoms with van der Waals surface area (Å²) in [5.41, 5.74) is 6.18. The Kier molecular flexibility index (Phi) is 4.66. The molecule has 0 aliphatic heterocycles. The van der Waals surface area contributed by atoms with E-state index in [1.54, 1.807) is 17.9 Å². The van der Waals surface area contributed by atoms with Crippen LogP contribution in [0.15, 0.2) is 6.20 Å². The van der Waals surface area contributed by atoms with E-state index in [9.17, 15) is 4.79 Å². The van der Waals surface area contributed by atoms with Gasteiger partial charge in [0.25, 0.3) is 0 Å². The zero-order valence-corrected chi connectivity index (χ0v) is 11.3. The number of nitrogens with zero attached hydrogens (tertiary/aromatic N) is 3. The van der Waals surface area contributed by atoms with Crippen LogP contribution in [0.5, 0.6) is 0 Å². The van der Waals surface area contributed by atoms with Gasteiger partial charge in [0.2, 0.25) is 0 Å². The van der Waals surface area contributed by atoms with Crippen LogP contribution in [0.1, 0.15) is 26.5 Å². The Balaban J connectivity index is 2.29. The molecule has 7 heteroatoms. The van der Waals surface area contributed by atoms with Gasteiger partial charge in [0.1, 0.15) is 5.60 Å². The number of rotatable bonds is 4. The molecule has 0 saturated carbocycles. The third-order valence-corrected chi connectivity index (χ3v) is 2.03. The minimum Gasteiger partial charge on any atom is -0.444 e. The first-order valence-corrected chi connectivity index (χ1v) is 5.84. The van der Waals surface area contributed by atoms with Crippen molar-refractivity contribution in [2.75, 3.05) is 6.54 Å². The topological polar surface area (TPSA) is 95.1 Å². The quantitative estimate of drug-likeness (QED) is 0.802. The van der Waals surface area contributed by atoms with Gasteiger partial charge in [-0.1, -0.05) is 5.21 Å². The van der Waals surface area contributed by atoms with Crippen molar-refractivity contribution in [3.8, 4) is 0 Å². The normalized spacial score (nSPS) is 13.2. The molecule has 0 aliphatic carbocycles. The summed E-state index contributed by atoms with van der Waals surface area (Å²) in [5.74, 6) is 0. The first-order valence-electron chi connectivity index (χ1n) is 5.84. The van der Waals surface area contributed by atoms with Crippen molar-refractivity contribution in [1.29, 1.82) is 0 Å². The zero-order valence-electron chi connectivity index (χ0n) is 11.3. The maximum absolute atomic E-state index is 11.4. The van der Waals surface area contributed by atoms with E-state index in [4.69, 9.17) is 10.5 Å². The minimum atomic E-state index is -0.501. The van der Waals surface area contributed by atoms with Crippen LogP contribution in [0, 0.1) is 0 Å². The molecule has 102 valence electrons. The number of nitrogens with one attached hydrogen (secondary N) is 1. The predicted molar refractivity (Wildman–Crippen MR) is 66.9 cm³/mol. The molecule has 1 aromatic heterocycles. The van der Waals surface area contributed by atoms with Gasteiger partial charge in [-0.2, -0.15) is 0 Å². The van der Waals surface area contributed by atoms with Gasteiger partial charge in [-0.25, -0.2) is 4.79 Å². The van der Waals surface area contributed by atoms with Gasteiger partial charge in [-0.3, -0.25) is 4.68 Å². The van der Waals surface area contributed by atoms with Crippen LogP contribution in [0.2, 0.25) is 0 Å². The Morgan fingerprint density at radius 1 is 1.61 bits per heavy atom. The Hall–Kier alpha value is -1.63. The lowest BCUT2D eigenvalue weighted by Gasteiger charge is -2.20. The summed E-state index contributed by atoms with van der Waals surface area (Å²) in [6.07, 6.45) is 1.90. The van der Waals surface area contributed by atoms with E-state index in [1.807, 2.05) is 20.8 Å². The number of ether oxygens (including phenoxy) is 1. The average Bonchev–Trinajstić information content (AvgIpc) is 2.58. The Morgan fingerprint density at radius 3 is 2.78 bits per heavy atom. The Bertz CT molecular complexity index is 396. The highest BCUT2D eigenvalue weighted by Crippen LogP contribution is 2.06. The molecule has 7 nitrogen and oxygen atoms in total. The first-order chi connectivity index (χ1) is 8.26. The molecule has 1 heterocycles. The second-order valence-electron chi connectivity index (χ2n) is 5.23. The van der Waals surface area contributed by atoms with Gasteiger partial charge in [-0.15, -0.1) is 5.10 Å². The summed E-state index contributed by atoms with van der Waals surface area (Å²) >= 11 is 0. The van der Waals surface area contributed by atoms with Gasteiger partial charge in [-0.05, 0) is 20.8 Å². The van der Waals surface area contributed by atoms with Crippen molar-refractivity contribution in [1.82, 2.24) is 20.3 Å². The summed E-state index contributed by atoms with van der Waals surface area (Å²) in [6.45, 7) is 5.77. The highest BCUT2D eigenvalue weighted by atomic mass is 16.6. The number of amides is 1. The Labute approximate surface area is 107 Å². The van der Waals surface area contributed by atoms with Crippen molar-refractivity contribution >= 4 is 6.09 Å². The standard InChI is InChI=1S/C11H21N5O2/c1-11(2,3)18-10(17)13-6-8(12)5-9-7-16(4)15-14-9/h7-8H,5-6,12H2,1-4H3,(H,13,17). The van der Waals surface area contributed by atoms with Crippen LogP contribution in [0.25, 0.3) is 0 Å². The molecule has 1 aromatic rings. The highest BCUT2D eigenvalue weighted by Gasteiger charge is 2.16. The lowest BCUT2D eigenvalue weighted by atomic mass is 10.2. The molecule has 18 heavy (non-hydrogen) atoms. The molecule has 0 radical (unpaired) electrons. The SMILES string of the molecule is Cn1cc(CC(N)CNC(=O)OC(C)(C)C)nn1. The maximum atomic E-state index is 11.4. The molecule has 0 fully saturated rings. The van der Waals surface area contributed by atoms with Crippen molar-refractivity contribution < 1.29 is 9.53 Å². The first kappa shape index (κ1) is 14.4. The summed E-state index contributed by atoms with van der Waals surface area (Å²) in [4.78, 5) is 11.4. The fraction of sp³-hybridized carbons (Fsp3) is 0.727. The molecule has 3 N–H and O–H groups in total. The number of hydrogen-bond donors (Lipinski definition) is 2. The van der Waals surface area contributed by atoms with Crippen LogP contribution in [-0.2, 0) is 18.2 Å².